The van der Waals surface area contributed by atoms with Crippen molar-refractivity contribution in [3.8, 4) is 5.75 Å². The van der Waals surface area contributed by atoms with Crippen LogP contribution in [0.4, 0.5) is 0 Å². The highest BCUT2D eigenvalue weighted by molar-refractivity contribution is 6.58. The minimum absolute atomic E-state index is 0.482. The molecule has 1 aliphatic heterocycles. The fourth-order valence-electron chi connectivity index (χ4n) is 2.75. The molecule has 1 fully saturated rings. The zero-order valence-corrected chi connectivity index (χ0v) is 12.3. The van der Waals surface area contributed by atoms with Gasteiger partial charge in [-0.3, -0.25) is 4.90 Å². The molecule has 1 heterocycles. The van der Waals surface area contributed by atoms with Crippen LogP contribution >= 0.6 is 0 Å². The van der Waals surface area contributed by atoms with Crippen LogP contribution in [0.5, 0.6) is 5.75 Å². The number of hydrogen-bond acceptors (Lipinski definition) is 4. The minimum Gasteiger partial charge on any atom is -0.492 e. The maximum atomic E-state index is 9.02. The fourth-order valence-corrected chi connectivity index (χ4v) is 2.75. The monoisotopic (exact) mass is 277 g/mol. The van der Waals surface area contributed by atoms with E-state index in [9.17, 15) is 0 Å². The second-order valence-corrected chi connectivity index (χ2v) is 5.69. The lowest BCUT2D eigenvalue weighted by Crippen LogP contribution is -2.44. The molecule has 0 saturated carbocycles. The molecule has 1 aromatic rings. The Morgan fingerprint density at radius 1 is 1.25 bits per heavy atom. The van der Waals surface area contributed by atoms with Gasteiger partial charge in [0.15, 0.2) is 0 Å². The zero-order chi connectivity index (χ0) is 14.5. The average molecular weight is 277 g/mol. The van der Waals surface area contributed by atoms with Crippen LogP contribution in [-0.4, -0.2) is 47.8 Å². The van der Waals surface area contributed by atoms with Gasteiger partial charge in [0.2, 0.25) is 0 Å². The van der Waals surface area contributed by atoms with Crippen LogP contribution in [-0.2, 0) is 0 Å². The van der Waals surface area contributed by atoms with Crippen LogP contribution in [0, 0.1) is 5.92 Å². The smallest absolute Gasteiger partial charge is 0.488 e. The van der Waals surface area contributed by atoms with Crippen molar-refractivity contribution < 1.29 is 14.8 Å². The number of piperidine rings is 1. The van der Waals surface area contributed by atoms with Gasteiger partial charge in [-0.15, -0.1) is 0 Å². The van der Waals surface area contributed by atoms with Gasteiger partial charge in [-0.2, -0.15) is 0 Å². The standard InChI is InChI=1S/C15H24BNO3/c1-12-4-3-9-17(13(12)2)10-11-20-15-7-5-14(6-8-15)16(18)19/h5-8,12-13,18-19H,3-4,9-11H2,1-2H3. The Morgan fingerprint density at radius 2 is 1.95 bits per heavy atom. The lowest BCUT2D eigenvalue weighted by Gasteiger charge is -2.37. The first-order chi connectivity index (χ1) is 9.58. The van der Waals surface area contributed by atoms with Crippen molar-refractivity contribution in [2.45, 2.75) is 32.7 Å². The third-order valence-corrected chi connectivity index (χ3v) is 4.33. The highest BCUT2D eigenvalue weighted by atomic mass is 16.5. The van der Waals surface area contributed by atoms with Gasteiger partial charge in [0.1, 0.15) is 12.4 Å². The van der Waals surface area contributed by atoms with Gasteiger partial charge < -0.3 is 14.8 Å². The summed E-state index contributed by atoms with van der Waals surface area (Å²) in [6.45, 7) is 7.37. The number of rotatable bonds is 5. The summed E-state index contributed by atoms with van der Waals surface area (Å²) >= 11 is 0. The van der Waals surface area contributed by atoms with Crippen LogP contribution in [0.3, 0.4) is 0 Å². The molecule has 1 aromatic carbocycles. The van der Waals surface area contributed by atoms with Crippen LogP contribution < -0.4 is 10.2 Å². The topological polar surface area (TPSA) is 52.9 Å². The Kier molecular flexibility index (Phi) is 5.46. The molecule has 20 heavy (non-hydrogen) atoms. The van der Waals surface area contributed by atoms with Gasteiger partial charge in [-0.1, -0.05) is 19.1 Å². The van der Waals surface area contributed by atoms with E-state index in [0.29, 0.717) is 18.1 Å². The summed E-state index contributed by atoms with van der Waals surface area (Å²) < 4.78 is 5.72. The molecule has 0 aromatic heterocycles. The van der Waals surface area contributed by atoms with Crippen molar-refractivity contribution in [2.75, 3.05) is 19.7 Å². The van der Waals surface area contributed by atoms with Crippen molar-refractivity contribution >= 4 is 12.6 Å². The normalized spacial score (nSPS) is 23.6. The van der Waals surface area contributed by atoms with Crippen molar-refractivity contribution in [3.63, 3.8) is 0 Å². The Morgan fingerprint density at radius 3 is 2.60 bits per heavy atom. The molecule has 0 amide bonds. The summed E-state index contributed by atoms with van der Waals surface area (Å²) in [4.78, 5) is 2.49. The predicted octanol–water partition coefficient (Wildman–Crippen LogP) is 0.866. The Hall–Kier alpha value is -1.04. The molecule has 2 N–H and O–H groups in total. The van der Waals surface area contributed by atoms with E-state index in [4.69, 9.17) is 14.8 Å². The van der Waals surface area contributed by atoms with Gasteiger partial charge in [0.25, 0.3) is 0 Å². The number of likely N-dealkylation sites (tertiary alicyclic amines) is 1. The quantitative estimate of drug-likeness (QED) is 0.784. The fraction of sp³-hybridized carbons (Fsp3) is 0.600. The number of benzene rings is 1. The Bertz CT molecular complexity index is 410. The molecule has 2 unspecified atom stereocenters. The van der Waals surface area contributed by atoms with Crippen LogP contribution in [0.25, 0.3) is 0 Å². The van der Waals surface area contributed by atoms with Crippen molar-refractivity contribution in [2.24, 2.45) is 5.92 Å². The average Bonchev–Trinajstić information content (AvgIpc) is 2.44. The lowest BCUT2D eigenvalue weighted by atomic mass is 9.80. The highest BCUT2D eigenvalue weighted by Crippen LogP contribution is 2.22. The molecule has 4 nitrogen and oxygen atoms in total. The third-order valence-electron chi connectivity index (χ3n) is 4.33. The largest absolute Gasteiger partial charge is 0.492 e. The molecule has 1 aliphatic rings. The second-order valence-electron chi connectivity index (χ2n) is 5.69. The van der Waals surface area contributed by atoms with Gasteiger partial charge in [0, 0.05) is 12.6 Å². The molecule has 0 bridgehead atoms. The van der Waals surface area contributed by atoms with E-state index in [1.807, 2.05) is 0 Å². The predicted molar refractivity (Wildman–Crippen MR) is 81.2 cm³/mol. The summed E-state index contributed by atoms with van der Waals surface area (Å²) in [7, 11) is -1.42. The van der Waals surface area contributed by atoms with Gasteiger partial charge in [-0.25, -0.2) is 0 Å². The van der Waals surface area contributed by atoms with E-state index >= 15 is 0 Å². The number of nitrogens with zero attached hydrogens (tertiary/aromatic N) is 1. The third kappa shape index (κ3) is 3.98. The molecular formula is C15H24BNO3. The van der Waals surface area contributed by atoms with E-state index in [2.05, 4.69) is 18.7 Å². The van der Waals surface area contributed by atoms with Crippen molar-refractivity contribution in [3.05, 3.63) is 24.3 Å². The summed E-state index contributed by atoms with van der Waals surface area (Å²) in [6.07, 6.45) is 2.60. The molecule has 1 saturated heterocycles. The highest BCUT2D eigenvalue weighted by Gasteiger charge is 2.24. The second kappa shape index (κ2) is 7.11. The number of ether oxygens (including phenoxy) is 1. The van der Waals surface area contributed by atoms with E-state index in [0.717, 1.165) is 24.8 Å². The maximum Gasteiger partial charge on any atom is 0.488 e. The molecule has 5 heteroatoms. The molecule has 0 radical (unpaired) electrons. The summed E-state index contributed by atoms with van der Waals surface area (Å²) in [5.74, 6) is 1.53. The number of hydrogen-bond donors (Lipinski definition) is 2. The van der Waals surface area contributed by atoms with Gasteiger partial charge in [0.05, 0.1) is 0 Å². The molecular weight excluding hydrogens is 253 g/mol. The summed E-state index contributed by atoms with van der Waals surface area (Å²) in [5.41, 5.74) is 0.482. The molecule has 2 rings (SSSR count). The van der Waals surface area contributed by atoms with E-state index in [-0.39, 0.29) is 0 Å². The zero-order valence-electron chi connectivity index (χ0n) is 12.3. The summed E-state index contributed by atoms with van der Waals surface area (Å²) in [5, 5.41) is 18.0. The van der Waals surface area contributed by atoms with Crippen LogP contribution in [0.15, 0.2) is 24.3 Å². The van der Waals surface area contributed by atoms with Crippen molar-refractivity contribution in [1.29, 1.82) is 0 Å². The van der Waals surface area contributed by atoms with E-state index in [1.54, 1.807) is 24.3 Å². The summed E-state index contributed by atoms with van der Waals surface area (Å²) in [6, 6.07) is 7.52. The van der Waals surface area contributed by atoms with Gasteiger partial charge >= 0.3 is 7.12 Å². The van der Waals surface area contributed by atoms with Crippen LogP contribution in [0.2, 0.25) is 0 Å². The van der Waals surface area contributed by atoms with E-state index < -0.39 is 7.12 Å². The molecule has 0 aliphatic carbocycles. The van der Waals surface area contributed by atoms with Gasteiger partial charge in [-0.05, 0) is 49.8 Å². The van der Waals surface area contributed by atoms with Crippen molar-refractivity contribution in [1.82, 2.24) is 4.90 Å². The Labute approximate surface area is 121 Å². The Balaban J connectivity index is 1.78. The molecule has 2 atom stereocenters. The first-order valence-electron chi connectivity index (χ1n) is 7.41. The first kappa shape index (κ1) is 15.4. The minimum atomic E-state index is -1.42. The van der Waals surface area contributed by atoms with E-state index in [1.165, 1.54) is 12.8 Å². The SMILES string of the molecule is CC1CCCN(CCOc2ccc(B(O)O)cc2)C1C. The molecule has 110 valence electrons. The first-order valence-corrected chi connectivity index (χ1v) is 7.41. The maximum absolute atomic E-state index is 9.02. The molecule has 0 spiro atoms. The van der Waals surface area contributed by atoms with Crippen LogP contribution in [0.1, 0.15) is 26.7 Å². The lowest BCUT2D eigenvalue weighted by molar-refractivity contribution is 0.0958.